The van der Waals surface area contributed by atoms with Gasteiger partial charge in [-0.2, -0.15) is 0 Å². The standard InChI is InChI=1S/C25H26N2O4/c1-2-17-8-6-7-11-21(17)31-24(18-9-4-3-5-10-18)25(29)27-20-14-15-30-23(20)19-12-13-22(28)26-16-19/h3-13,16,20,23-24H,2,14-15H2,1H3,(H,26,28)(H,27,29)/t20-,23+,24?/m1/s1. The topological polar surface area (TPSA) is 80.4 Å². The van der Waals surface area contributed by atoms with E-state index in [9.17, 15) is 9.59 Å². The van der Waals surface area contributed by atoms with Gasteiger partial charge in [-0.05, 0) is 36.1 Å². The van der Waals surface area contributed by atoms with Crippen LogP contribution in [0.4, 0.5) is 0 Å². The number of pyridine rings is 1. The van der Waals surface area contributed by atoms with Crippen LogP contribution < -0.4 is 15.6 Å². The Morgan fingerprint density at radius 1 is 1.13 bits per heavy atom. The molecule has 1 saturated heterocycles. The number of hydrogen-bond donors (Lipinski definition) is 2. The number of para-hydroxylation sites is 1. The number of aromatic nitrogens is 1. The minimum atomic E-state index is -0.786. The summed E-state index contributed by atoms with van der Waals surface area (Å²) in [6.45, 7) is 2.59. The van der Waals surface area contributed by atoms with Crippen LogP contribution in [-0.4, -0.2) is 23.5 Å². The Labute approximate surface area is 181 Å². The summed E-state index contributed by atoms with van der Waals surface area (Å²) >= 11 is 0. The lowest BCUT2D eigenvalue weighted by atomic mass is 10.0. The number of hydrogen-bond acceptors (Lipinski definition) is 4. The Bertz CT molecular complexity index is 1060. The molecule has 0 aliphatic carbocycles. The van der Waals surface area contributed by atoms with Crippen LogP contribution in [0, 0.1) is 0 Å². The zero-order valence-corrected chi connectivity index (χ0v) is 17.4. The van der Waals surface area contributed by atoms with E-state index in [1.54, 1.807) is 12.3 Å². The summed E-state index contributed by atoms with van der Waals surface area (Å²) in [5.74, 6) is 0.482. The fourth-order valence-electron chi connectivity index (χ4n) is 3.86. The van der Waals surface area contributed by atoms with Crippen molar-refractivity contribution < 1.29 is 14.3 Å². The van der Waals surface area contributed by atoms with Gasteiger partial charge in [0.2, 0.25) is 11.7 Å². The molecule has 4 rings (SSSR count). The highest BCUT2D eigenvalue weighted by Crippen LogP contribution is 2.30. The van der Waals surface area contributed by atoms with Crippen LogP contribution in [0.3, 0.4) is 0 Å². The third-order valence-corrected chi connectivity index (χ3v) is 5.49. The van der Waals surface area contributed by atoms with E-state index in [-0.39, 0.29) is 23.6 Å². The van der Waals surface area contributed by atoms with Gasteiger partial charge in [0.15, 0.2) is 0 Å². The molecule has 0 radical (unpaired) electrons. The lowest BCUT2D eigenvalue weighted by Gasteiger charge is -2.25. The van der Waals surface area contributed by atoms with Crippen LogP contribution in [0.5, 0.6) is 5.75 Å². The number of rotatable bonds is 7. The Balaban J connectivity index is 1.57. The van der Waals surface area contributed by atoms with Gasteiger partial charge in [-0.3, -0.25) is 9.59 Å². The lowest BCUT2D eigenvalue weighted by molar-refractivity contribution is -0.129. The monoisotopic (exact) mass is 418 g/mol. The molecule has 1 aliphatic heterocycles. The lowest BCUT2D eigenvalue weighted by Crippen LogP contribution is -2.41. The van der Waals surface area contributed by atoms with Gasteiger partial charge in [0, 0.05) is 24.4 Å². The number of aryl methyl sites for hydroxylation is 1. The van der Waals surface area contributed by atoms with Crippen LogP contribution in [0.2, 0.25) is 0 Å². The number of benzene rings is 2. The molecule has 1 aromatic heterocycles. The maximum atomic E-state index is 13.4. The molecule has 3 aromatic rings. The molecule has 2 heterocycles. The van der Waals surface area contributed by atoms with Crippen molar-refractivity contribution in [2.75, 3.05) is 6.61 Å². The molecule has 0 saturated carbocycles. The Morgan fingerprint density at radius 2 is 1.90 bits per heavy atom. The summed E-state index contributed by atoms with van der Waals surface area (Å²) in [6, 6.07) is 20.2. The second-order valence-corrected chi connectivity index (χ2v) is 7.55. The fraction of sp³-hybridized carbons (Fsp3) is 0.280. The molecule has 1 aliphatic rings. The van der Waals surface area contributed by atoms with Crippen molar-refractivity contribution in [1.82, 2.24) is 10.3 Å². The van der Waals surface area contributed by atoms with E-state index in [1.165, 1.54) is 6.07 Å². The number of amides is 1. The average Bonchev–Trinajstić information content (AvgIpc) is 3.26. The second-order valence-electron chi connectivity index (χ2n) is 7.55. The molecular weight excluding hydrogens is 392 g/mol. The first-order valence-electron chi connectivity index (χ1n) is 10.6. The molecule has 1 amide bonds. The summed E-state index contributed by atoms with van der Waals surface area (Å²) in [5, 5.41) is 3.12. The number of ether oxygens (including phenoxy) is 2. The summed E-state index contributed by atoms with van der Waals surface area (Å²) in [6.07, 6.45) is 2.03. The van der Waals surface area contributed by atoms with Gasteiger partial charge in [0.25, 0.3) is 5.91 Å². The fourth-order valence-corrected chi connectivity index (χ4v) is 3.86. The Hall–Kier alpha value is -3.38. The minimum Gasteiger partial charge on any atom is -0.476 e. The van der Waals surface area contributed by atoms with E-state index in [1.807, 2.05) is 54.6 Å². The predicted molar refractivity (Wildman–Crippen MR) is 118 cm³/mol. The minimum absolute atomic E-state index is 0.172. The first-order chi connectivity index (χ1) is 15.2. The van der Waals surface area contributed by atoms with Gasteiger partial charge >= 0.3 is 0 Å². The molecule has 31 heavy (non-hydrogen) atoms. The molecule has 3 atom stereocenters. The normalized spacial score (nSPS) is 19.0. The van der Waals surface area contributed by atoms with Gasteiger partial charge in [-0.1, -0.05) is 55.5 Å². The largest absolute Gasteiger partial charge is 0.476 e. The molecule has 2 aromatic carbocycles. The van der Waals surface area contributed by atoms with Crippen molar-refractivity contribution in [3.8, 4) is 5.75 Å². The highest BCUT2D eigenvalue weighted by molar-refractivity contribution is 5.83. The van der Waals surface area contributed by atoms with Crippen LogP contribution in [-0.2, 0) is 16.0 Å². The predicted octanol–water partition coefficient (Wildman–Crippen LogP) is 3.70. The zero-order valence-electron chi connectivity index (χ0n) is 17.4. The maximum absolute atomic E-state index is 13.4. The number of nitrogens with one attached hydrogen (secondary N) is 2. The van der Waals surface area contributed by atoms with Crippen LogP contribution in [0.1, 0.15) is 42.2 Å². The van der Waals surface area contributed by atoms with E-state index in [4.69, 9.17) is 9.47 Å². The molecule has 1 unspecified atom stereocenters. The molecule has 160 valence electrons. The maximum Gasteiger partial charge on any atom is 0.266 e. The van der Waals surface area contributed by atoms with E-state index < -0.39 is 6.10 Å². The molecule has 1 fully saturated rings. The van der Waals surface area contributed by atoms with Crippen molar-refractivity contribution in [3.63, 3.8) is 0 Å². The van der Waals surface area contributed by atoms with E-state index in [0.717, 1.165) is 23.1 Å². The summed E-state index contributed by atoms with van der Waals surface area (Å²) in [5.41, 5.74) is 2.49. The third-order valence-electron chi connectivity index (χ3n) is 5.49. The van der Waals surface area contributed by atoms with Crippen LogP contribution in [0.15, 0.2) is 77.7 Å². The quantitative estimate of drug-likeness (QED) is 0.613. The summed E-state index contributed by atoms with van der Waals surface area (Å²) in [7, 11) is 0. The molecule has 6 heteroatoms. The van der Waals surface area contributed by atoms with Gasteiger partial charge in [-0.25, -0.2) is 0 Å². The van der Waals surface area contributed by atoms with Crippen LogP contribution in [0.25, 0.3) is 0 Å². The molecule has 0 bridgehead atoms. The van der Waals surface area contributed by atoms with Crippen molar-refractivity contribution >= 4 is 5.91 Å². The van der Waals surface area contributed by atoms with Crippen LogP contribution >= 0.6 is 0 Å². The first-order valence-corrected chi connectivity index (χ1v) is 10.6. The number of carbonyl (C=O) groups excluding carboxylic acids is 1. The smallest absolute Gasteiger partial charge is 0.266 e. The van der Waals surface area contributed by atoms with Gasteiger partial charge < -0.3 is 19.8 Å². The Kier molecular flexibility index (Phi) is 6.48. The van der Waals surface area contributed by atoms with Crippen molar-refractivity contribution in [2.45, 2.75) is 38.0 Å². The SMILES string of the molecule is CCc1ccccc1OC(C(=O)N[C@@H]1CCO[C@H]1c1ccc(=O)[nH]c1)c1ccccc1. The van der Waals surface area contributed by atoms with Crippen molar-refractivity contribution in [1.29, 1.82) is 0 Å². The molecule has 0 spiro atoms. The van der Waals surface area contributed by atoms with Gasteiger partial charge in [0.05, 0.1) is 6.04 Å². The number of H-pyrrole nitrogens is 1. The van der Waals surface area contributed by atoms with Gasteiger partial charge in [-0.15, -0.1) is 0 Å². The first kappa shape index (κ1) is 20.9. The summed E-state index contributed by atoms with van der Waals surface area (Å²) < 4.78 is 12.1. The second kappa shape index (κ2) is 9.62. The highest BCUT2D eigenvalue weighted by atomic mass is 16.5. The van der Waals surface area contributed by atoms with E-state index in [0.29, 0.717) is 18.8 Å². The average molecular weight is 418 g/mol. The zero-order chi connectivity index (χ0) is 21.6. The number of carbonyl (C=O) groups is 1. The third kappa shape index (κ3) is 4.86. The highest BCUT2D eigenvalue weighted by Gasteiger charge is 2.34. The number of aromatic amines is 1. The van der Waals surface area contributed by atoms with Gasteiger partial charge in [0.1, 0.15) is 11.9 Å². The van der Waals surface area contributed by atoms with E-state index in [2.05, 4.69) is 17.2 Å². The van der Waals surface area contributed by atoms with Crippen molar-refractivity contribution in [3.05, 3.63) is 100.0 Å². The van der Waals surface area contributed by atoms with E-state index >= 15 is 0 Å². The summed E-state index contributed by atoms with van der Waals surface area (Å²) in [4.78, 5) is 27.4. The van der Waals surface area contributed by atoms with Crippen molar-refractivity contribution in [2.24, 2.45) is 0 Å². The molecule has 2 N–H and O–H groups in total. The molecular formula is C25H26N2O4. The Morgan fingerprint density at radius 3 is 2.65 bits per heavy atom. The molecule has 6 nitrogen and oxygen atoms in total.